The molecule has 1 aliphatic heterocycles. The zero-order valence-corrected chi connectivity index (χ0v) is 16.5. The number of piperidine rings is 1. The summed E-state index contributed by atoms with van der Waals surface area (Å²) in [5.74, 6) is 0.00600. The lowest BCUT2D eigenvalue weighted by atomic mass is 10.0. The zero-order valence-electron chi connectivity index (χ0n) is 16.5. The number of esters is 1. The molecular weight excluding hydrogens is 298 g/mol. The van der Waals surface area contributed by atoms with Crippen molar-refractivity contribution in [3.8, 4) is 0 Å². The number of carbonyl (C=O) groups is 1. The van der Waals surface area contributed by atoms with Gasteiger partial charge in [-0.1, -0.05) is 58.3 Å². The van der Waals surface area contributed by atoms with E-state index >= 15 is 0 Å². The highest BCUT2D eigenvalue weighted by atomic mass is 16.5. The normalized spacial score (nSPS) is 16.9. The minimum Gasteiger partial charge on any atom is -0.462 e. The van der Waals surface area contributed by atoms with E-state index in [0.29, 0.717) is 13.2 Å². The zero-order chi connectivity index (χ0) is 17.5. The van der Waals surface area contributed by atoms with Crippen molar-refractivity contribution in [2.24, 2.45) is 0 Å². The average Bonchev–Trinajstić information content (AvgIpc) is 2.57. The number of ether oxygens (including phenoxy) is 1. The smallest absolute Gasteiger partial charge is 0.361 e. The van der Waals surface area contributed by atoms with E-state index in [1.807, 2.05) is 6.92 Å². The van der Waals surface area contributed by atoms with E-state index in [2.05, 4.69) is 6.92 Å². The first-order chi connectivity index (χ1) is 11.7. The molecule has 0 N–H and O–H groups in total. The molecule has 24 heavy (non-hydrogen) atoms. The lowest BCUT2D eigenvalue weighted by Gasteiger charge is -2.40. The molecule has 0 radical (unpaired) electrons. The molecule has 0 aromatic rings. The van der Waals surface area contributed by atoms with E-state index in [4.69, 9.17) is 4.74 Å². The first-order valence-corrected chi connectivity index (χ1v) is 10.7. The quantitative estimate of drug-likeness (QED) is 0.238. The van der Waals surface area contributed by atoms with Gasteiger partial charge in [-0.3, -0.25) is 0 Å². The Labute approximate surface area is 150 Å². The van der Waals surface area contributed by atoms with Crippen molar-refractivity contribution < 1.29 is 14.0 Å². The lowest BCUT2D eigenvalue weighted by Crippen LogP contribution is -2.55. The molecule has 0 bridgehead atoms. The number of unbranched alkanes of at least 4 members (excludes halogenated alkanes) is 9. The summed E-state index contributed by atoms with van der Waals surface area (Å²) >= 11 is 0. The first-order valence-electron chi connectivity index (χ1n) is 10.7. The van der Waals surface area contributed by atoms with Gasteiger partial charge in [0.2, 0.25) is 0 Å². The van der Waals surface area contributed by atoms with E-state index in [-0.39, 0.29) is 5.97 Å². The van der Waals surface area contributed by atoms with Crippen molar-refractivity contribution in [1.82, 2.24) is 0 Å². The van der Waals surface area contributed by atoms with Gasteiger partial charge in [0.1, 0.15) is 0 Å². The van der Waals surface area contributed by atoms with Crippen LogP contribution in [0.1, 0.15) is 97.3 Å². The van der Waals surface area contributed by atoms with Gasteiger partial charge >= 0.3 is 5.97 Å². The van der Waals surface area contributed by atoms with Crippen LogP contribution in [-0.2, 0) is 9.53 Å². The minimum absolute atomic E-state index is 0.00600. The highest BCUT2D eigenvalue weighted by Gasteiger charge is 2.32. The summed E-state index contributed by atoms with van der Waals surface area (Å²) in [4.78, 5) is 12.0. The number of hydrogen-bond acceptors (Lipinski definition) is 2. The second-order valence-electron chi connectivity index (χ2n) is 7.72. The van der Waals surface area contributed by atoms with Gasteiger partial charge in [0, 0.05) is 0 Å². The van der Waals surface area contributed by atoms with Crippen molar-refractivity contribution in [1.29, 1.82) is 0 Å². The van der Waals surface area contributed by atoms with Crippen molar-refractivity contribution >= 4 is 5.97 Å². The highest BCUT2D eigenvalue weighted by molar-refractivity contribution is 5.70. The van der Waals surface area contributed by atoms with Crippen LogP contribution in [-0.4, -0.2) is 43.2 Å². The second kappa shape index (κ2) is 13.7. The molecule has 0 spiro atoms. The molecular formula is C21H42NO2+. The third-order valence-electron chi connectivity index (χ3n) is 5.52. The van der Waals surface area contributed by atoms with Gasteiger partial charge in [0.25, 0.3) is 0 Å². The van der Waals surface area contributed by atoms with Crippen LogP contribution in [0.3, 0.4) is 0 Å². The van der Waals surface area contributed by atoms with E-state index < -0.39 is 0 Å². The van der Waals surface area contributed by atoms with Crippen LogP contribution >= 0.6 is 0 Å². The highest BCUT2D eigenvalue weighted by Crippen LogP contribution is 2.21. The summed E-state index contributed by atoms with van der Waals surface area (Å²) in [6, 6.07) is 0. The van der Waals surface area contributed by atoms with Crippen LogP contribution in [0.5, 0.6) is 0 Å². The first kappa shape index (κ1) is 21.5. The number of likely N-dealkylation sites (tertiary alicyclic amines) is 1. The number of nitrogens with zero attached hydrogens (tertiary/aromatic N) is 1. The number of carbonyl (C=O) groups excluding carboxylic acids is 1. The van der Waals surface area contributed by atoms with Gasteiger partial charge in [-0.25, -0.2) is 4.79 Å². The Morgan fingerprint density at radius 3 is 1.88 bits per heavy atom. The van der Waals surface area contributed by atoms with Gasteiger partial charge in [0.15, 0.2) is 6.54 Å². The van der Waals surface area contributed by atoms with Gasteiger partial charge in [-0.05, 0) is 39.0 Å². The maximum Gasteiger partial charge on any atom is 0.361 e. The molecule has 0 aliphatic carbocycles. The third kappa shape index (κ3) is 9.66. The van der Waals surface area contributed by atoms with Crippen molar-refractivity contribution in [2.45, 2.75) is 97.3 Å². The van der Waals surface area contributed by atoms with Gasteiger partial charge in [-0.2, -0.15) is 0 Å². The molecule has 0 amide bonds. The Morgan fingerprint density at radius 1 is 0.792 bits per heavy atom. The fourth-order valence-electron chi connectivity index (χ4n) is 4.06. The number of quaternary nitrogens is 1. The molecule has 0 saturated carbocycles. The van der Waals surface area contributed by atoms with Crippen LogP contribution in [0.15, 0.2) is 0 Å². The summed E-state index contributed by atoms with van der Waals surface area (Å²) in [5.41, 5.74) is 0. The standard InChI is InChI=1S/C21H42NO2/c1-3-5-6-7-8-9-10-11-12-14-17-22(18-15-13-16-19-22)20-21(23)24-4-2/h3-20H2,1-2H3/q+1. The monoisotopic (exact) mass is 340 g/mol. The molecule has 1 fully saturated rings. The van der Waals surface area contributed by atoms with Crippen molar-refractivity contribution in [2.75, 3.05) is 32.8 Å². The van der Waals surface area contributed by atoms with Crippen LogP contribution in [0.2, 0.25) is 0 Å². The van der Waals surface area contributed by atoms with E-state index in [0.717, 1.165) is 4.48 Å². The fraction of sp³-hybridized carbons (Fsp3) is 0.952. The molecule has 0 atom stereocenters. The Hall–Kier alpha value is -0.570. The molecule has 0 aromatic carbocycles. The molecule has 3 heteroatoms. The Balaban J connectivity index is 2.13. The molecule has 142 valence electrons. The van der Waals surface area contributed by atoms with Crippen molar-refractivity contribution in [3.05, 3.63) is 0 Å². The maximum absolute atomic E-state index is 12.0. The molecule has 0 unspecified atom stereocenters. The predicted molar refractivity (Wildman–Crippen MR) is 102 cm³/mol. The van der Waals surface area contributed by atoms with E-state index in [9.17, 15) is 4.79 Å². The predicted octanol–water partition coefficient (Wildman–Crippen LogP) is 5.47. The van der Waals surface area contributed by atoms with Gasteiger partial charge < -0.3 is 9.22 Å². The van der Waals surface area contributed by atoms with Gasteiger partial charge in [0.05, 0.1) is 26.2 Å². The van der Waals surface area contributed by atoms with E-state index in [1.165, 1.54) is 103 Å². The number of hydrogen-bond donors (Lipinski definition) is 0. The SMILES string of the molecule is CCCCCCCCCCCC[N+]1(CC(=O)OCC)CCCCC1. The molecule has 0 aromatic heterocycles. The second-order valence-corrected chi connectivity index (χ2v) is 7.72. The summed E-state index contributed by atoms with van der Waals surface area (Å²) in [5, 5.41) is 0. The topological polar surface area (TPSA) is 26.3 Å². The van der Waals surface area contributed by atoms with Crippen LogP contribution in [0.4, 0.5) is 0 Å². The molecule has 3 nitrogen and oxygen atoms in total. The summed E-state index contributed by atoms with van der Waals surface area (Å²) in [6.45, 7) is 8.82. The van der Waals surface area contributed by atoms with Crippen LogP contribution in [0.25, 0.3) is 0 Å². The van der Waals surface area contributed by atoms with Crippen molar-refractivity contribution in [3.63, 3.8) is 0 Å². The maximum atomic E-state index is 12.0. The molecule has 1 rings (SSSR count). The Morgan fingerprint density at radius 2 is 1.33 bits per heavy atom. The largest absolute Gasteiger partial charge is 0.462 e. The van der Waals surface area contributed by atoms with Crippen LogP contribution < -0.4 is 0 Å². The Bertz CT molecular complexity index is 311. The summed E-state index contributed by atoms with van der Waals surface area (Å²) < 4.78 is 6.21. The molecule has 1 heterocycles. The van der Waals surface area contributed by atoms with E-state index in [1.54, 1.807) is 0 Å². The third-order valence-corrected chi connectivity index (χ3v) is 5.52. The van der Waals surface area contributed by atoms with Crippen LogP contribution in [0, 0.1) is 0 Å². The lowest BCUT2D eigenvalue weighted by molar-refractivity contribution is -0.926. The molecule has 1 aliphatic rings. The summed E-state index contributed by atoms with van der Waals surface area (Å²) in [7, 11) is 0. The Kier molecular flexibility index (Phi) is 12.2. The number of rotatable bonds is 14. The summed E-state index contributed by atoms with van der Waals surface area (Å²) in [6.07, 6.45) is 17.7. The minimum atomic E-state index is 0.00600. The molecule has 1 saturated heterocycles. The van der Waals surface area contributed by atoms with Gasteiger partial charge in [-0.15, -0.1) is 0 Å². The fourth-order valence-corrected chi connectivity index (χ4v) is 4.06. The average molecular weight is 341 g/mol.